The molecule has 0 radical (unpaired) electrons. The van der Waals surface area contributed by atoms with Crippen molar-refractivity contribution in [2.75, 3.05) is 5.32 Å². The van der Waals surface area contributed by atoms with Crippen molar-refractivity contribution in [2.24, 2.45) is 5.73 Å². The minimum atomic E-state index is -1.31. The largest absolute Gasteiger partial charge is 0.322 e. The summed E-state index contributed by atoms with van der Waals surface area (Å²) in [7, 11) is 0. The van der Waals surface area contributed by atoms with E-state index in [1.807, 2.05) is 0 Å². The van der Waals surface area contributed by atoms with E-state index in [1.54, 1.807) is 6.92 Å². The summed E-state index contributed by atoms with van der Waals surface area (Å²) in [5.74, 6) is -4.27. The van der Waals surface area contributed by atoms with Crippen LogP contribution in [0.5, 0.6) is 0 Å². The molecular weight excluding hydrogens is 233 g/mol. The van der Waals surface area contributed by atoms with E-state index >= 15 is 0 Å². The van der Waals surface area contributed by atoms with Crippen LogP contribution in [0.4, 0.5) is 18.9 Å². The molecule has 0 aliphatic rings. The van der Waals surface area contributed by atoms with Crippen LogP contribution in [-0.2, 0) is 4.79 Å². The van der Waals surface area contributed by atoms with E-state index in [1.165, 1.54) is 6.92 Å². The van der Waals surface area contributed by atoms with Crippen LogP contribution in [0.3, 0.4) is 0 Å². The van der Waals surface area contributed by atoms with E-state index in [4.69, 9.17) is 5.73 Å². The molecule has 0 aliphatic heterocycles. The number of anilines is 1. The highest BCUT2D eigenvalue weighted by atomic mass is 19.2. The number of rotatable bonds is 3. The fraction of sp³-hybridized carbons (Fsp3) is 0.364. The van der Waals surface area contributed by atoms with Gasteiger partial charge in [-0.05, 0) is 13.3 Å². The molecule has 0 heterocycles. The van der Waals surface area contributed by atoms with Gasteiger partial charge in [0.05, 0.1) is 11.2 Å². The lowest BCUT2D eigenvalue weighted by Gasteiger charge is -2.21. The van der Waals surface area contributed by atoms with Gasteiger partial charge in [-0.2, -0.15) is 0 Å². The van der Waals surface area contributed by atoms with Gasteiger partial charge in [-0.15, -0.1) is 0 Å². The van der Waals surface area contributed by atoms with Gasteiger partial charge in [-0.3, -0.25) is 4.79 Å². The van der Waals surface area contributed by atoms with Crippen LogP contribution in [0.15, 0.2) is 12.1 Å². The summed E-state index contributed by atoms with van der Waals surface area (Å²) in [5, 5.41) is 2.12. The van der Waals surface area contributed by atoms with Crippen molar-refractivity contribution in [3.8, 4) is 0 Å². The second-order valence-electron chi connectivity index (χ2n) is 3.97. The zero-order valence-electron chi connectivity index (χ0n) is 9.48. The Hall–Kier alpha value is -1.56. The van der Waals surface area contributed by atoms with Gasteiger partial charge in [0, 0.05) is 12.1 Å². The number of nitrogens with one attached hydrogen (secondary N) is 1. The van der Waals surface area contributed by atoms with Crippen LogP contribution < -0.4 is 11.1 Å². The molecule has 1 amide bonds. The summed E-state index contributed by atoms with van der Waals surface area (Å²) in [4.78, 5) is 11.6. The number of benzene rings is 1. The predicted molar refractivity (Wildman–Crippen MR) is 57.8 cm³/mol. The molecule has 1 atom stereocenters. The first kappa shape index (κ1) is 13.5. The van der Waals surface area contributed by atoms with Crippen molar-refractivity contribution in [1.82, 2.24) is 0 Å². The van der Waals surface area contributed by atoms with Crippen LogP contribution in [0.2, 0.25) is 0 Å². The lowest BCUT2D eigenvalue weighted by atomic mass is 9.99. The zero-order chi connectivity index (χ0) is 13.2. The van der Waals surface area contributed by atoms with E-state index in [0.717, 1.165) is 0 Å². The first-order valence-corrected chi connectivity index (χ1v) is 5.03. The Balaban J connectivity index is 2.97. The minimum absolute atomic E-state index is 0.324. The first-order chi connectivity index (χ1) is 7.77. The molecule has 0 aliphatic carbocycles. The highest BCUT2D eigenvalue weighted by Gasteiger charge is 2.27. The lowest BCUT2D eigenvalue weighted by molar-refractivity contribution is -0.120. The Kier molecular flexibility index (Phi) is 3.77. The number of carbonyl (C=O) groups is 1. The van der Waals surface area contributed by atoms with Crippen LogP contribution in [0, 0.1) is 17.5 Å². The molecule has 94 valence electrons. The van der Waals surface area contributed by atoms with Crippen molar-refractivity contribution < 1.29 is 18.0 Å². The number of hydrogen-bond donors (Lipinski definition) is 2. The molecule has 0 bridgehead atoms. The quantitative estimate of drug-likeness (QED) is 0.803. The first-order valence-electron chi connectivity index (χ1n) is 5.03. The topological polar surface area (TPSA) is 55.1 Å². The van der Waals surface area contributed by atoms with E-state index < -0.39 is 34.6 Å². The predicted octanol–water partition coefficient (Wildman–Crippen LogP) is 2.17. The van der Waals surface area contributed by atoms with Crippen LogP contribution in [0.1, 0.15) is 20.3 Å². The van der Waals surface area contributed by atoms with Crippen molar-refractivity contribution in [1.29, 1.82) is 0 Å². The molecule has 1 unspecified atom stereocenters. The van der Waals surface area contributed by atoms with Gasteiger partial charge < -0.3 is 11.1 Å². The van der Waals surface area contributed by atoms with Gasteiger partial charge >= 0.3 is 0 Å². The highest BCUT2D eigenvalue weighted by Crippen LogP contribution is 2.19. The number of amides is 1. The van der Waals surface area contributed by atoms with Crippen molar-refractivity contribution in [3.63, 3.8) is 0 Å². The Bertz CT molecular complexity index is 447. The fourth-order valence-electron chi connectivity index (χ4n) is 1.04. The Morgan fingerprint density at radius 2 is 1.82 bits per heavy atom. The van der Waals surface area contributed by atoms with Crippen LogP contribution >= 0.6 is 0 Å². The van der Waals surface area contributed by atoms with Crippen molar-refractivity contribution >= 4 is 11.6 Å². The lowest BCUT2D eigenvalue weighted by Crippen LogP contribution is -2.47. The molecule has 6 heteroatoms. The van der Waals surface area contributed by atoms with E-state index in [-0.39, 0.29) is 0 Å². The zero-order valence-corrected chi connectivity index (χ0v) is 9.48. The Labute approximate surface area is 96.8 Å². The van der Waals surface area contributed by atoms with Crippen LogP contribution in [0.25, 0.3) is 0 Å². The van der Waals surface area contributed by atoms with Crippen LogP contribution in [-0.4, -0.2) is 11.4 Å². The Morgan fingerprint density at radius 3 is 2.35 bits per heavy atom. The van der Waals surface area contributed by atoms with Crippen molar-refractivity contribution in [2.45, 2.75) is 25.8 Å². The Morgan fingerprint density at radius 1 is 1.29 bits per heavy atom. The third-order valence-electron chi connectivity index (χ3n) is 2.51. The van der Waals surface area contributed by atoms with Crippen molar-refractivity contribution in [3.05, 3.63) is 29.6 Å². The SMILES string of the molecule is CCC(C)(N)C(=O)Nc1cc(F)c(F)cc1F. The van der Waals surface area contributed by atoms with Gasteiger partial charge in [0.1, 0.15) is 5.82 Å². The fourth-order valence-corrected chi connectivity index (χ4v) is 1.04. The summed E-state index contributed by atoms with van der Waals surface area (Å²) < 4.78 is 38.7. The summed E-state index contributed by atoms with van der Waals surface area (Å²) in [6.45, 7) is 3.14. The third kappa shape index (κ3) is 2.97. The average molecular weight is 246 g/mol. The summed E-state index contributed by atoms with van der Waals surface area (Å²) >= 11 is 0. The third-order valence-corrected chi connectivity index (χ3v) is 2.51. The number of carbonyl (C=O) groups excluding carboxylic acids is 1. The molecule has 1 aromatic rings. The second-order valence-corrected chi connectivity index (χ2v) is 3.97. The van der Waals surface area contributed by atoms with Gasteiger partial charge in [0.15, 0.2) is 11.6 Å². The molecule has 0 saturated carbocycles. The van der Waals surface area contributed by atoms with E-state index in [2.05, 4.69) is 5.32 Å². The molecule has 0 aromatic heterocycles. The maximum Gasteiger partial charge on any atom is 0.244 e. The summed E-state index contributed by atoms with van der Waals surface area (Å²) in [6, 6.07) is 0.944. The van der Waals surface area contributed by atoms with E-state index in [9.17, 15) is 18.0 Å². The van der Waals surface area contributed by atoms with Gasteiger partial charge in [0.2, 0.25) is 5.91 Å². The monoisotopic (exact) mass is 246 g/mol. The maximum absolute atomic E-state index is 13.2. The molecule has 0 saturated heterocycles. The maximum atomic E-state index is 13.2. The normalized spacial score (nSPS) is 14.2. The molecule has 1 aromatic carbocycles. The molecule has 0 spiro atoms. The number of hydrogen-bond acceptors (Lipinski definition) is 2. The molecule has 3 nitrogen and oxygen atoms in total. The number of nitrogens with two attached hydrogens (primary N) is 1. The van der Waals surface area contributed by atoms with Gasteiger partial charge in [-0.1, -0.05) is 6.92 Å². The smallest absolute Gasteiger partial charge is 0.244 e. The standard InChI is InChI=1S/C11H13F3N2O/c1-3-11(2,15)10(17)16-9-5-7(13)6(12)4-8(9)14/h4-5H,3,15H2,1-2H3,(H,16,17). The minimum Gasteiger partial charge on any atom is -0.322 e. The highest BCUT2D eigenvalue weighted by molar-refractivity contribution is 5.97. The van der Waals surface area contributed by atoms with E-state index in [0.29, 0.717) is 18.6 Å². The van der Waals surface area contributed by atoms with Gasteiger partial charge in [0.25, 0.3) is 0 Å². The summed E-state index contributed by atoms with van der Waals surface area (Å²) in [6.07, 6.45) is 0.324. The number of halogens is 3. The molecule has 0 fully saturated rings. The van der Waals surface area contributed by atoms with Gasteiger partial charge in [-0.25, -0.2) is 13.2 Å². The molecule has 3 N–H and O–H groups in total. The second kappa shape index (κ2) is 4.75. The molecule has 17 heavy (non-hydrogen) atoms. The summed E-state index contributed by atoms with van der Waals surface area (Å²) in [5.41, 5.74) is 3.99. The molecule has 1 rings (SSSR count). The molecular formula is C11H13F3N2O. The average Bonchev–Trinajstić information content (AvgIpc) is 2.25.